The molecule has 2 fully saturated rings. The molecular formula is C26H31F5N6O5. The van der Waals surface area contributed by atoms with Crippen molar-refractivity contribution in [1.82, 2.24) is 25.9 Å². The van der Waals surface area contributed by atoms with Gasteiger partial charge in [-0.05, 0) is 54.5 Å². The van der Waals surface area contributed by atoms with Crippen molar-refractivity contribution in [2.24, 2.45) is 5.92 Å². The normalized spacial score (nSPS) is 18.6. The molecule has 2 aromatic heterocycles. The second-order valence-electron chi connectivity index (χ2n) is 10.6. The van der Waals surface area contributed by atoms with Crippen molar-refractivity contribution in [3.05, 3.63) is 35.3 Å². The van der Waals surface area contributed by atoms with Crippen LogP contribution in [0.3, 0.4) is 0 Å². The van der Waals surface area contributed by atoms with E-state index in [0.29, 0.717) is 11.3 Å². The predicted octanol–water partition coefficient (Wildman–Crippen LogP) is 4.05. The highest BCUT2D eigenvalue weighted by Crippen LogP contribution is 2.41. The second kappa shape index (κ2) is 13.1. The van der Waals surface area contributed by atoms with Crippen LogP contribution >= 0.6 is 0 Å². The Bertz CT molecular complexity index is 1260. The minimum absolute atomic E-state index is 0.00491. The van der Waals surface area contributed by atoms with Crippen molar-refractivity contribution in [3.8, 4) is 0 Å². The van der Waals surface area contributed by atoms with Crippen LogP contribution in [0.15, 0.2) is 23.0 Å². The first-order chi connectivity index (χ1) is 19.8. The topological polar surface area (TPSA) is 148 Å². The summed E-state index contributed by atoms with van der Waals surface area (Å²) in [4.78, 5) is 42.8. The number of hydrogen-bond donors (Lipinski definition) is 3. The Morgan fingerprint density at radius 3 is 2.48 bits per heavy atom. The third-order valence-corrected chi connectivity index (χ3v) is 7.24. The van der Waals surface area contributed by atoms with Gasteiger partial charge in [-0.25, -0.2) is 18.4 Å². The minimum atomic E-state index is -4.49. The minimum Gasteiger partial charge on any atom is -0.382 e. The number of anilines is 1. The smallest absolute Gasteiger partial charge is 0.382 e. The highest BCUT2D eigenvalue weighted by molar-refractivity contribution is 6.00. The number of hydrogen-bond acceptors (Lipinski definition) is 8. The molecule has 1 unspecified atom stereocenters. The van der Waals surface area contributed by atoms with E-state index in [4.69, 9.17) is 9.37 Å². The molecule has 42 heavy (non-hydrogen) atoms. The van der Waals surface area contributed by atoms with Gasteiger partial charge in [0.15, 0.2) is 5.69 Å². The molecule has 2 aliphatic rings. The van der Waals surface area contributed by atoms with Gasteiger partial charge in [-0.3, -0.25) is 14.4 Å². The summed E-state index contributed by atoms with van der Waals surface area (Å²) < 4.78 is 75.2. The van der Waals surface area contributed by atoms with Crippen LogP contribution in [0, 0.1) is 5.92 Å². The number of carbonyl (C=O) groups excluding carboxylic acids is 3. The van der Waals surface area contributed by atoms with E-state index < -0.39 is 73.5 Å². The average molecular weight is 603 g/mol. The van der Waals surface area contributed by atoms with Gasteiger partial charge in [0.25, 0.3) is 5.91 Å². The van der Waals surface area contributed by atoms with Crippen molar-refractivity contribution < 1.29 is 45.7 Å². The lowest BCUT2D eigenvalue weighted by Crippen LogP contribution is -2.50. The Labute approximate surface area is 237 Å². The summed E-state index contributed by atoms with van der Waals surface area (Å²) in [5.41, 5.74) is 0.682. The Kier molecular flexibility index (Phi) is 9.74. The van der Waals surface area contributed by atoms with E-state index in [-0.39, 0.29) is 36.9 Å². The summed E-state index contributed by atoms with van der Waals surface area (Å²) in [6.07, 6.45) is -4.56. The highest BCUT2D eigenvalue weighted by atomic mass is 19.4. The molecule has 2 aliphatic carbocycles. The Hall–Kier alpha value is -3.69. The van der Waals surface area contributed by atoms with Gasteiger partial charge in [0.05, 0.1) is 19.1 Å². The molecule has 4 rings (SSSR count). The van der Waals surface area contributed by atoms with E-state index in [9.17, 15) is 36.3 Å². The number of methoxy groups -OCH3 is 1. The third kappa shape index (κ3) is 8.66. The number of nitrogens with zero attached hydrogens (tertiary/aromatic N) is 3. The molecule has 3 N–H and O–H groups in total. The van der Waals surface area contributed by atoms with Crippen LogP contribution in [0.4, 0.5) is 27.8 Å². The zero-order chi connectivity index (χ0) is 30.5. The van der Waals surface area contributed by atoms with Crippen molar-refractivity contribution in [2.45, 2.75) is 81.5 Å². The fourth-order valence-electron chi connectivity index (χ4n) is 4.83. The predicted molar refractivity (Wildman–Crippen MR) is 135 cm³/mol. The lowest BCUT2D eigenvalue weighted by Gasteiger charge is -2.33. The van der Waals surface area contributed by atoms with Crippen LogP contribution in [0.25, 0.3) is 0 Å². The van der Waals surface area contributed by atoms with Crippen LogP contribution < -0.4 is 16.0 Å². The molecule has 2 atom stereocenters. The summed E-state index contributed by atoms with van der Waals surface area (Å²) in [7, 11) is 1.35. The zero-order valence-corrected chi connectivity index (χ0v) is 22.7. The summed E-state index contributed by atoms with van der Waals surface area (Å²) >= 11 is 0. The molecule has 11 nitrogen and oxygen atoms in total. The largest absolute Gasteiger partial charge is 0.389 e. The van der Waals surface area contributed by atoms with Gasteiger partial charge in [0.2, 0.25) is 17.7 Å². The van der Waals surface area contributed by atoms with E-state index in [1.165, 1.54) is 25.4 Å². The Morgan fingerprint density at radius 2 is 1.83 bits per heavy atom. The van der Waals surface area contributed by atoms with E-state index in [2.05, 4.69) is 31.2 Å². The molecule has 2 heterocycles. The van der Waals surface area contributed by atoms with Crippen molar-refractivity contribution >= 4 is 23.5 Å². The molecule has 230 valence electrons. The molecule has 0 bridgehead atoms. The first kappa shape index (κ1) is 31.3. The molecule has 2 aromatic rings. The third-order valence-electron chi connectivity index (χ3n) is 7.24. The molecule has 3 amide bonds. The SMILES string of the molecule is COCC(NC(=O)CCC(F)(F)F)c1ccnc(NC(=O)[C@@H](NC(=O)c2nonc2C2CC2)C2CCC(F)(F)CC2)c1. The summed E-state index contributed by atoms with van der Waals surface area (Å²) in [5.74, 6) is -5.74. The highest BCUT2D eigenvalue weighted by Gasteiger charge is 2.41. The first-order valence-electron chi connectivity index (χ1n) is 13.5. The van der Waals surface area contributed by atoms with Crippen LogP contribution in [-0.4, -0.2) is 64.9 Å². The molecular weight excluding hydrogens is 571 g/mol. The number of aromatic nitrogens is 3. The fraction of sp³-hybridized carbons (Fsp3) is 0.615. The molecule has 0 saturated heterocycles. The number of nitrogens with one attached hydrogen (secondary N) is 3. The van der Waals surface area contributed by atoms with Crippen LogP contribution in [0.2, 0.25) is 0 Å². The maximum absolute atomic E-state index is 13.9. The van der Waals surface area contributed by atoms with Crippen molar-refractivity contribution in [1.29, 1.82) is 0 Å². The molecule has 0 aromatic carbocycles. The lowest BCUT2D eigenvalue weighted by molar-refractivity contribution is -0.144. The number of carbonyl (C=O) groups is 3. The van der Waals surface area contributed by atoms with Crippen LogP contribution in [0.5, 0.6) is 0 Å². The van der Waals surface area contributed by atoms with Crippen molar-refractivity contribution in [3.63, 3.8) is 0 Å². The van der Waals surface area contributed by atoms with Gasteiger partial charge in [-0.2, -0.15) is 13.2 Å². The number of alkyl halides is 5. The number of pyridine rings is 1. The molecule has 0 radical (unpaired) electrons. The summed E-state index contributed by atoms with van der Waals surface area (Å²) in [6, 6.07) is 0.806. The van der Waals surface area contributed by atoms with Gasteiger partial charge in [-0.1, -0.05) is 5.16 Å². The van der Waals surface area contributed by atoms with E-state index in [1.807, 2.05) is 0 Å². The Balaban J connectivity index is 1.49. The van der Waals surface area contributed by atoms with Crippen LogP contribution in [0.1, 0.15) is 85.1 Å². The summed E-state index contributed by atoms with van der Waals surface area (Å²) in [5, 5.41) is 15.1. The number of halogens is 5. The lowest BCUT2D eigenvalue weighted by atomic mass is 9.81. The van der Waals surface area contributed by atoms with E-state index in [0.717, 1.165) is 12.8 Å². The van der Waals surface area contributed by atoms with Crippen LogP contribution in [-0.2, 0) is 14.3 Å². The molecule has 2 saturated carbocycles. The van der Waals surface area contributed by atoms with Crippen molar-refractivity contribution in [2.75, 3.05) is 19.0 Å². The van der Waals surface area contributed by atoms with Gasteiger partial charge >= 0.3 is 6.18 Å². The Morgan fingerprint density at radius 1 is 1.12 bits per heavy atom. The van der Waals surface area contributed by atoms with Gasteiger partial charge in [-0.15, -0.1) is 0 Å². The van der Waals surface area contributed by atoms with Gasteiger partial charge in [0, 0.05) is 38.5 Å². The number of ether oxygens (including phenoxy) is 1. The maximum atomic E-state index is 13.9. The maximum Gasteiger partial charge on any atom is 0.389 e. The fourth-order valence-corrected chi connectivity index (χ4v) is 4.83. The second-order valence-corrected chi connectivity index (χ2v) is 10.6. The number of rotatable bonds is 12. The van der Waals surface area contributed by atoms with Gasteiger partial charge < -0.3 is 20.7 Å². The van der Waals surface area contributed by atoms with E-state index >= 15 is 0 Å². The van der Waals surface area contributed by atoms with E-state index in [1.54, 1.807) is 0 Å². The monoisotopic (exact) mass is 602 g/mol. The zero-order valence-electron chi connectivity index (χ0n) is 22.7. The molecule has 0 spiro atoms. The van der Waals surface area contributed by atoms with Gasteiger partial charge in [0.1, 0.15) is 17.6 Å². The average Bonchev–Trinajstić information content (AvgIpc) is 3.65. The molecule has 16 heteroatoms. The molecule has 0 aliphatic heterocycles. The first-order valence-corrected chi connectivity index (χ1v) is 13.5. The standard InChI is InChI=1S/C26H31F5N6O5/c1-41-13-17(33-19(38)6-10-26(29,30)31)16-7-11-32-18(12-16)34-23(39)21(15-4-8-25(27,28)9-5-15)35-24(40)22-20(14-2-3-14)36-42-37-22/h7,11-12,14-15,17,21H,2-6,8-10,13H2,1H3,(H,33,38)(H,35,40)(H,32,34,39)/t17?,21-/m0/s1. The summed E-state index contributed by atoms with van der Waals surface area (Å²) in [6.45, 7) is -0.0841. The number of amides is 3. The quantitative estimate of drug-likeness (QED) is 0.308.